The lowest BCUT2D eigenvalue weighted by molar-refractivity contribution is 0.901. The van der Waals surface area contributed by atoms with Crippen molar-refractivity contribution >= 4 is 28.4 Å². The van der Waals surface area contributed by atoms with Gasteiger partial charge in [-0.2, -0.15) is 0 Å². The highest BCUT2D eigenvalue weighted by atomic mass is 127. The van der Waals surface area contributed by atoms with Crippen LogP contribution in [0.25, 0.3) is 11.5 Å². The van der Waals surface area contributed by atoms with Crippen LogP contribution in [0.1, 0.15) is 19.0 Å². The molecule has 0 atom stereocenters. The Labute approximate surface area is 120 Å². The molecule has 5 nitrogen and oxygen atoms in total. The van der Waals surface area contributed by atoms with Crippen LogP contribution in [-0.2, 0) is 7.05 Å². The molecule has 0 aliphatic heterocycles. The van der Waals surface area contributed by atoms with Crippen LogP contribution in [0.3, 0.4) is 0 Å². The summed E-state index contributed by atoms with van der Waals surface area (Å²) in [6, 6.07) is 0. The second-order valence-electron chi connectivity index (χ2n) is 4.11. The summed E-state index contributed by atoms with van der Waals surface area (Å²) < 4.78 is 3.00. The summed E-state index contributed by atoms with van der Waals surface area (Å²) in [6.45, 7) is 5.05. The van der Waals surface area contributed by atoms with Gasteiger partial charge in [-0.1, -0.05) is 6.92 Å². The third kappa shape index (κ3) is 2.63. The molecule has 0 aliphatic rings. The van der Waals surface area contributed by atoms with E-state index in [1.54, 1.807) is 12.5 Å². The second kappa shape index (κ2) is 5.64. The van der Waals surface area contributed by atoms with Gasteiger partial charge in [0.2, 0.25) is 0 Å². The monoisotopic (exact) mass is 357 g/mol. The topological polar surface area (TPSA) is 55.6 Å². The first kappa shape index (κ1) is 13.3. The number of rotatable bonds is 4. The third-order valence-electron chi connectivity index (χ3n) is 2.61. The van der Waals surface area contributed by atoms with Gasteiger partial charge in [0.15, 0.2) is 5.82 Å². The summed E-state index contributed by atoms with van der Waals surface area (Å²) in [6.07, 6.45) is 4.61. The Morgan fingerprint density at radius 2 is 2.17 bits per heavy atom. The van der Waals surface area contributed by atoms with Gasteiger partial charge in [-0.25, -0.2) is 15.0 Å². The SMILES string of the molecule is CCCNc1nc(-c2cncn2C)nc(C)c1I. The third-order valence-corrected chi connectivity index (χ3v) is 3.90. The number of nitrogens with one attached hydrogen (secondary N) is 1. The average Bonchev–Trinajstić information content (AvgIpc) is 2.77. The summed E-state index contributed by atoms with van der Waals surface area (Å²) >= 11 is 2.28. The molecule has 0 spiro atoms. The fraction of sp³-hybridized carbons (Fsp3) is 0.417. The quantitative estimate of drug-likeness (QED) is 0.855. The molecule has 2 aromatic rings. The molecule has 1 N–H and O–H groups in total. The zero-order chi connectivity index (χ0) is 13.1. The lowest BCUT2D eigenvalue weighted by atomic mass is 10.3. The van der Waals surface area contributed by atoms with E-state index in [1.807, 2.05) is 18.5 Å². The van der Waals surface area contributed by atoms with E-state index in [4.69, 9.17) is 0 Å². The highest BCUT2D eigenvalue weighted by Crippen LogP contribution is 2.23. The Morgan fingerprint density at radius 3 is 2.78 bits per heavy atom. The van der Waals surface area contributed by atoms with Gasteiger partial charge in [0.25, 0.3) is 0 Å². The predicted octanol–water partition coefficient (Wildman–Crippen LogP) is 2.61. The minimum atomic E-state index is 0.714. The van der Waals surface area contributed by atoms with Gasteiger partial charge in [0.05, 0.1) is 21.8 Å². The molecular weight excluding hydrogens is 341 g/mol. The average molecular weight is 357 g/mol. The molecule has 0 aliphatic carbocycles. The van der Waals surface area contributed by atoms with Gasteiger partial charge in [0, 0.05) is 13.6 Å². The Hall–Kier alpha value is -1.18. The van der Waals surface area contributed by atoms with Crippen molar-refractivity contribution in [2.75, 3.05) is 11.9 Å². The minimum Gasteiger partial charge on any atom is -0.369 e. The molecule has 0 radical (unpaired) electrons. The summed E-state index contributed by atoms with van der Waals surface area (Å²) in [4.78, 5) is 13.2. The Balaban J connectivity index is 2.44. The zero-order valence-corrected chi connectivity index (χ0v) is 12.9. The van der Waals surface area contributed by atoms with Gasteiger partial charge >= 0.3 is 0 Å². The number of hydrogen-bond donors (Lipinski definition) is 1. The van der Waals surface area contributed by atoms with Crippen molar-refractivity contribution in [2.24, 2.45) is 7.05 Å². The number of aromatic nitrogens is 4. The van der Waals surface area contributed by atoms with Crippen LogP contribution in [-0.4, -0.2) is 26.1 Å². The maximum atomic E-state index is 4.58. The van der Waals surface area contributed by atoms with Crippen molar-refractivity contribution in [3.05, 3.63) is 21.8 Å². The van der Waals surface area contributed by atoms with E-state index < -0.39 is 0 Å². The number of aryl methyl sites for hydroxylation is 2. The molecule has 2 heterocycles. The Bertz CT molecular complexity index is 549. The predicted molar refractivity (Wildman–Crippen MR) is 80.5 cm³/mol. The molecule has 0 unspecified atom stereocenters. The van der Waals surface area contributed by atoms with Crippen molar-refractivity contribution in [1.82, 2.24) is 19.5 Å². The molecule has 0 saturated carbocycles. The van der Waals surface area contributed by atoms with Crippen LogP contribution in [0.2, 0.25) is 0 Å². The summed E-state index contributed by atoms with van der Waals surface area (Å²) in [5.41, 5.74) is 1.91. The first-order chi connectivity index (χ1) is 8.63. The summed E-state index contributed by atoms with van der Waals surface area (Å²) in [5, 5.41) is 3.34. The lowest BCUT2D eigenvalue weighted by Crippen LogP contribution is -2.08. The van der Waals surface area contributed by atoms with E-state index in [2.05, 4.69) is 49.8 Å². The van der Waals surface area contributed by atoms with E-state index in [1.165, 1.54) is 0 Å². The van der Waals surface area contributed by atoms with Gasteiger partial charge in [-0.15, -0.1) is 0 Å². The van der Waals surface area contributed by atoms with Crippen LogP contribution in [0.4, 0.5) is 5.82 Å². The van der Waals surface area contributed by atoms with E-state index in [0.717, 1.165) is 33.7 Å². The fourth-order valence-corrected chi connectivity index (χ4v) is 2.04. The normalized spacial score (nSPS) is 10.7. The van der Waals surface area contributed by atoms with Crippen LogP contribution in [0.15, 0.2) is 12.5 Å². The van der Waals surface area contributed by atoms with Crippen LogP contribution < -0.4 is 5.32 Å². The molecule has 0 amide bonds. The molecule has 2 aromatic heterocycles. The fourth-order valence-electron chi connectivity index (χ4n) is 1.61. The molecule has 18 heavy (non-hydrogen) atoms. The van der Waals surface area contributed by atoms with Crippen molar-refractivity contribution < 1.29 is 0 Å². The maximum Gasteiger partial charge on any atom is 0.180 e. The van der Waals surface area contributed by atoms with Crippen LogP contribution >= 0.6 is 22.6 Å². The van der Waals surface area contributed by atoms with E-state index in [9.17, 15) is 0 Å². The lowest BCUT2D eigenvalue weighted by Gasteiger charge is -2.10. The summed E-state index contributed by atoms with van der Waals surface area (Å²) in [5.74, 6) is 1.62. The van der Waals surface area contributed by atoms with Gasteiger partial charge < -0.3 is 9.88 Å². The molecule has 0 bridgehead atoms. The van der Waals surface area contributed by atoms with Crippen LogP contribution in [0, 0.1) is 10.5 Å². The molecule has 0 fully saturated rings. The largest absolute Gasteiger partial charge is 0.369 e. The van der Waals surface area contributed by atoms with Gasteiger partial charge in [0.1, 0.15) is 11.5 Å². The highest BCUT2D eigenvalue weighted by molar-refractivity contribution is 14.1. The van der Waals surface area contributed by atoms with E-state index in [-0.39, 0.29) is 0 Å². The smallest absolute Gasteiger partial charge is 0.180 e. The first-order valence-electron chi connectivity index (χ1n) is 5.88. The zero-order valence-electron chi connectivity index (χ0n) is 10.7. The molecular formula is C12H16IN5. The molecule has 96 valence electrons. The van der Waals surface area contributed by atoms with Crippen molar-refractivity contribution in [1.29, 1.82) is 0 Å². The van der Waals surface area contributed by atoms with Gasteiger partial charge in [-0.3, -0.25) is 0 Å². The number of halogens is 1. The minimum absolute atomic E-state index is 0.714. The molecule has 0 aromatic carbocycles. The van der Waals surface area contributed by atoms with Gasteiger partial charge in [-0.05, 0) is 35.9 Å². The van der Waals surface area contributed by atoms with Crippen molar-refractivity contribution in [3.63, 3.8) is 0 Å². The number of nitrogens with zero attached hydrogens (tertiary/aromatic N) is 4. The first-order valence-corrected chi connectivity index (χ1v) is 6.96. The molecule has 6 heteroatoms. The number of hydrogen-bond acceptors (Lipinski definition) is 4. The Morgan fingerprint density at radius 1 is 1.39 bits per heavy atom. The molecule has 2 rings (SSSR count). The van der Waals surface area contributed by atoms with Crippen molar-refractivity contribution in [3.8, 4) is 11.5 Å². The second-order valence-corrected chi connectivity index (χ2v) is 5.19. The number of imidazole rings is 1. The maximum absolute atomic E-state index is 4.58. The van der Waals surface area contributed by atoms with Crippen LogP contribution in [0.5, 0.6) is 0 Å². The van der Waals surface area contributed by atoms with Crippen molar-refractivity contribution in [2.45, 2.75) is 20.3 Å². The standard InChI is InChI=1S/C12H16IN5/c1-4-5-15-12-10(13)8(2)16-11(17-12)9-6-14-7-18(9)3/h6-7H,4-5H2,1-3H3,(H,15,16,17). The number of anilines is 1. The molecule has 0 saturated heterocycles. The highest BCUT2D eigenvalue weighted by Gasteiger charge is 2.12. The van der Waals surface area contributed by atoms with E-state index in [0.29, 0.717) is 5.82 Å². The van der Waals surface area contributed by atoms with E-state index >= 15 is 0 Å². The summed E-state index contributed by atoms with van der Waals surface area (Å²) in [7, 11) is 1.94. The Kier molecular flexibility index (Phi) is 4.15.